The maximum atomic E-state index is 5.38. The first kappa shape index (κ1) is 12.0. The van der Waals surface area contributed by atoms with Crippen LogP contribution in [0.2, 0.25) is 0 Å². The monoisotopic (exact) mass is 222 g/mol. The molecule has 0 unspecified atom stereocenters. The lowest BCUT2D eigenvalue weighted by atomic mass is 10.1. The van der Waals surface area contributed by atoms with E-state index in [0.717, 1.165) is 12.1 Å². The van der Waals surface area contributed by atoms with Crippen LogP contribution in [0, 0.1) is 0 Å². The molecule has 0 spiro atoms. The second-order valence-corrected chi connectivity index (χ2v) is 4.08. The van der Waals surface area contributed by atoms with Crippen LogP contribution in [0.1, 0.15) is 31.7 Å². The molecule has 1 aromatic rings. The van der Waals surface area contributed by atoms with E-state index in [1.807, 2.05) is 12.1 Å². The van der Waals surface area contributed by atoms with Gasteiger partial charge in [0.05, 0.1) is 0 Å². The zero-order chi connectivity index (χ0) is 11.1. The maximum absolute atomic E-state index is 5.38. The van der Waals surface area contributed by atoms with Crippen LogP contribution in [0.3, 0.4) is 0 Å². The fourth-order valence-electron chi connectivity index (χ4n) is 1.48. The molecule has 3 heteroatoms. The van der Waals surface area contributed by atoms with Crippen LogP contribution in [0.15, 0.2) is 24.3 Å². The largest absolute Gasteiger partial charge is 0.376 e. The quantitative estimate of drug-likeness (QED) is 0.594. The Balaban J connectivity index is 2.45. The summed E-state index contributed by atoms with van der Waals surface area (Å²) in [6, 6.07) is 8.27. The standard InChI is InChI=1S/C12H18N2S/c1-2-3-4-5-10-6-8-11(9-7-10)14-12(13)15/h6-9H,2-5H2,1H3,(H3,13,14,15). The lowest BCUT2D eigenvalue weighted by Gasteiger charge is -2.05. The average molecular weight is 222 g/mol. The molecule has 1 aromatic carbocycles. The normalized spacial score (nSPS) is 9.93. The number of thiocarbonyl (C=S) groups is 1. The molecule has 1 rings (SSSR count). The number of aryl methyl sites for hydroxylation is 1. The summed E-state index contributed by atoms with van der Waals surface area (Å²) in [5.74, 6) is 0. The van der Waals surface area contributed by atoms with E-state index in [2.05, 4.69) is 24.4 Å². The number of hydrogen-bond donors (Lipinski definition) is 2. The van der Waals surface area contributed by atoms with E-state index in [-0.39, 0.29) is 0 Å². The predicted molar refractivity (Wildman–Crippen MR) is 70.1 cm³/mol. The van der Waals surface area contributed by atoms with E-state index in [9.17, 15) is 0 Å². The summed E-state index contributed by atoms with van der Waals surface area (Å²) in [6.07, 6.45) is 4.98. The summed E-state index contributed by atoms with van der Waals surface area (Å²) in [5, 5.41) is 3.22. The molecule has 0 fully saturated rings. The fourth-order valence-corrected chi connectivity index (χ4v) is 1.59. The molecule has 0 atom stereocenters. The van der Waals surface area contributed by atoms with Crippen LogP contribution < -0.4 is 11.1 Å². The van der Waals surface area contributed by atoms with Gasteiger partial charge >= 0.3 is 0 Å². The van der Waals surface area contributed by atoms with Gasteiger partial charge in [-0.3, -0.25) is 0 Å². The van der Waals surface area contributed by atoms with Crippen LogP contribution in [0.25, 0.3) is 0 Å². The Morgan fingerprint density at radius 3 is 2.47 bits per heavy atom. The Morgan fingerprint density at radius 1 is 1.27 bits per heavy atom. The molecule has 0 aliphatic carbocycles. The van der Waals surface area contributed by atoms with Gasteiger partial charge in [-0.1, -0.05) is 31.9 Å². The third-order valence-electron chi connectivity index (χ3n) is 2.29. The maximum Gasteiger partial charge on any atom is 0.168 e. The minimum atomic E-state index is 0.314. The van der Waals surface area contributed by atoms with E-state index in [1.165, 1.54) is 24.8 Å². The summed E-state index contributed by atoms with van der Waals surface area (Å²) in [7, 11) is 0. The van der Waals surface area contributed by atoms with Crippen molar-refractivity contribution in [3.63, 3.8) is 0 Å². The molecule has 0 saturated heterocycles. The Hall–Kier alpha value is -1.09. The number of benzene rings is 1. The van der Waals surface area contributed by atoms with Gasteiger partial charge in [-0.2, -0.15) is 0 Å². The number of anilines is 1. The van der Waals surface area contributed by atoms with Gasteiger partial charge in [0.25, 0.3) is 0 Å². The fraction of sp³-hybridized carbons (Fsp3) is 0.417. The second-order valence-electron chi connectivity index (χ2n) is 3.64. The Kier molecular flexibility index (Phi) is 5.12. The minimum Gasteiger partial charge on any atom is -0.376 e. The van der Waals surface area contributed by atoms with E-state index in [1.54, 1.807) is 0 Å². The lowest BCUT2D eigenvalue weighted by Crippen LogP contribution is -2.18. The highest BCUT2D eigenvalue weighted by Gasteiger charge is 1.95. The van der Waals surface area contributed by atoms with E-state index in [0.29, 0.717) is 5.11 Å². The van der Waals surface area contributed by atoms with Gasteiger partial charge in [0, 0.05) is 5.69 Å². The van der Waals surface area contributed by atoms with Gasteiger partial charge in [0.1, 0.15) is 0 Å². The molecule has 0 saturated carbocycles. The van der Waals surface area contributed by atoms with Gasteiger partial charge in [0.2, 0.25) is 0 Å². The minimum absolute atomic E-state index is 0.314. The topological polar surface area (TPSA) is 38.0 Å². The van der Waals surface area contributed by atoms with Crippen molar-refractivity contribution in [2.24, 2.45) is 5.73 Å². The molecule has 0 amide bonds. The first-order valence-corrected chi connectivity index (χ1v) is 5.78. The Labute approximate surface area is 96.9 Å². The van der Waals surface area contributed by atoms with Crippen molar-refractivity contribution in [3.8, 4) is 0 Å². The average Bonchev–Trinajstić information content (AvgIpc) is 2.20. The number of rotatable bonds is 5. The Bertz CT molecular complexity index is 306. The number of unbranched alkanes of at least 4 members (excludes halogenated alkanes) is 2. The summed E-state index contributed by atoms with van der Waals surface area (Å²) < 4.78 is 0. The lowest BCUT2D eigenvalue weighted by molar-refractivity contribution is 0.717. The van der Waals surface area contributed by atoms with Crippen LogP contribution in [-0.4, -0.2) is 5.11 Å². The molecule has 0 heterocycles. The molecule has 82 valence electrons. The summed E-state index contributed by atoms with van der Waals surface area (Å²) in [6.45, 7) is 2.22. The van der Waals surface area contributed by atoms with Gasteiger partial charge in [0.15, 0.2) is 5.11 Å². The summed E-state index contributed by atoms with van der Waals surface area (Å²) in [4.78, 5) is 0. The van der Waals surface area contributed by atoms with Crippen molar-refractivity contribution in [1.82, 2.24) is 0 Å². The first-order chi connectivity index (χ1) is 7.22. The summed E-state index contributed by atoms with van der Waals surface area (Å²) >= 11 is 4.76. The van der Waals surface area contributed by atoms with E-state index in [4.69, 9.17) is 18.0 Å². The molecular weight excluding hydrogens is 204 g/mol. The molecule has 2 nitrogen and oxygen atoms in total. The van der Waals surface area contributed by atoms with Crippen molar-refractivity contribution in [2.45, 2.75) is 32.6 Å². The van der Waals surface area contributed by atoms with Gasteiger partial charge < -0.3 is 11.1 Å². The predicted octanol–water partition coefficient (Wildman–Crippen LogP) is 3.07. The number of hydrogen-bond acceptors (Lipinski definition) is 1. The second kappa shape index (κ2) is 6.40. The SMILES string of the molecule is CCCCCc1ccc(NC(N)=S)cc1. The third-order valence-corrected chi connectivity index (χ3v) is 2.39. The van der Waals surface area contributed by atoms with E-state index >= 15 is 0 Å². The number of nitrogens with one attached hydrogen (secondary N) is 1. The van der Waals surface area contributed by atoms with Crippen molar-refractivity contribution >= 4 is 23.0 Å². The molecule has 0 aliphatic rings. The molecule has 3 N–H and O–H groups in total. The molecule has 0 aliphatic heterocycles. The van der Waals surface area contributed by atoms with Crippen molar-refractivity contribution < 1.29 is 0 Å². The first-order valence-electron chi connectivity index (χ1n) is 5.37. The molecule has 0 bridgehead atoms. The van der Waals surface area contributed by atoms with Gasteiger partial charge in [-0.25, -0.2) is 0 Å². The zero-order valence-electron chi connectivity index (χ0n) is 9.12. The highest BCUT2D eigenvalue weighted by Crippen LogP contribution is 2.11. The van der Waals surface area contributed by atoms with Gasteiger partial charge in [-0.05, 0) is 42.8 Å². The zero-order valence-corrected chi connectivity index (χ0v) is 9.94. The van der Waals surface area contributed by atoms with Crippen molar-refractivity contribution in [2.75, 3.05) is 5.32 Å². The van der Waals surface area contributed by atoms with E-state index < -0.39 is 0 Å². The molecule has 0 aromatic heterocycles. The highest BCUT2D eigenvalue weighted by atomic mass is 32.1. The molecule has 15 heavy (non-hydrogen) atoms. The third kappa shape index (κ3) is 4.79. The molecular formula is C12H18N2S. The van der Waals surface area contributed by atoms with Crippen molar-refractivity contribution in [1.29, 1.82) is 0 Å². The van der Waals surface area contributed by atoms with Gasteiger partial charge in [-0.15, -0.1) is 0 Å². The highest BCUT2D eigenvalue weighted by molar-refractivity contribution is 7.80. The summed E-state index contributed by atoms with van der Waals surface area (Å²) in [5.41, 5.74) is 7.71. The Morgan fingerprint density at radius 2 is 1.93 bits per heavy atom. The molecule has 0 radical (unpaired) electrons. The van der Waals surface area contributed by atoms with Crippen LogP contribution in [0.4, 0.5) is 5.69 Å². The van der Waals surface area contributed by atoms with Crippen molar-refractivity contribution in [3.05, 3.63) is 29.8 Å². The van der Waals surface area contributed by atoms with Crippen LogP contribution in [-0.2, 0) is 6.42 Å². The van der Waals surface area contributed by atoms with Crippen LogP contribution >= 0.6 is 12.2 Å². The number of nitrogens with two attached hydrogens (primary N) is 1. The smallest absolute Gasteiger partial charge is 0.168 e. The van der Waals surface area contributed by atoms with Crippen LogP contribution in [0.5, 0.6) is 0 Å².